The molecule has 9 nitrogen and oxygen atoms in total. The highest BCUT2D eigenvalue weighted by molar-refractivity contribution is 6.07. The van der Waals surface area contributed by atoms with Gasteiger partial charge in [-0.05, 0) is 36.6 Å². The molecule has 2 unspecified atom stereocenters. The number of aliphatic carboxylic acids is 1. The smallest absolute Gasteiger partial charge is 0.325 e. The molecule has 2 heterocycles. The summed E-state index contributed by atoms with van der Waals surface area (Å²) in [5.41, 5.74) is 2.31. The van der Waals surface area contributed by atoms with E-state index in [1.165, 1.54) is 0 Å². The first-order chi connectivity index (χ1) is 15.3. The highest BCUT2D eigenvalue weighted by Crippen LogP contribution is 2.29. The number of benzene rings is 2. The van der Waals surface area contributed by atoms with E-state index in [4.69, 9.17) is 5.11 Å². The molecule has 1 aliphatic heterocycles. The fourth-order valence-electron chi connectivity index (χ4n) is 3.72. The number of nitrogens with zero attached hydrogens (tertiary/aromatic N) is 2. The van der Waals surface area contributed by atoms with Crippen molar-refractivity contribution in [1.82, 2.24) is 20.2 Å². The van der Waals surface area contributed by atoms with Crippen molar-refractivity contribution in [3.05, 3.63) is 59.7 Å². The van der Waals surface area contributed by atoms with E-state index in [1.54, 1.807) is 13.8 Å². The number of rotatable bonds is 8. The predicted molar refractivity (Wildman–Crippen MR) is 119 cm³/mol. The normalized spacial score (nSPS) is 19.2. The summed E-state index contributed by atoms with van der Waals surface area (Å²) >= 11 is 0. The first-order valence-electron chi connectivity index (χ1n) is 10.4. The van der Waals surface area contributed by atoms with Gasteiger partial charge in [-0.2, -0.15) is 0 Å². The number of carbonyl (C=O) groups excluding carboxylic acids is 2. The minimum absolute atomic E-state index is 0.0627. The Morgan fingerprint density at radius 1 is 1.19 bits per heavy atom. The number of fused-ring (bicyclic) bond motifs is 1. The molecule has 0 radical (unpaired) electrons. The zero-order valence-electron chi connectivity index (χ0n) is 17.9. The van der Waals surface area contributed by atoms with E-state index >= 15 is 0 Å². The van der Waals surface area contributed by atoms with Crippen molar-refractivity contribution in [2.45, 2.75) is 32.4 Å². The fraction of sp³-hybridized carbons (Fsp3) is 0.304. The van der Waals surface area contributed by atoms with Crippen LogP contribution in [0, 0.1) is 5.92 Å². The molecule has 32 heavy (non-hydrogen) atoms. The third-order valence-corrected chi connectivity index (χ3v) is 5.86. The monoisotopic (exact) mass is 435 g/mol. The second kappa shape index (κ2) is 8.33. The molecular formula is C23H25N5O4. The summed E-state index contributed by atoms with van der Waals surface area (Å²) in [7, 11) is 0. The Morgan fingerprint density at radius 2 is 1.91 bits per heavy atom. The van der Waals surface area contributed by atoms with Crippen LogP contribution >= 0.6 is 0 Å². The number of urea groups is 1. The number of hydrogen-bond acceptors (Lipinski definition) is 5. The van der Waals surface area contributed by atoms with Gasteiger partial charge in [0.1, 0.15) is 5.54 Å². The van der Waals surface area contributed by atoms with Crippen molar-refractivity contribution < 1.29 is 19.5 Å². The molecule has 3 aromatic rings. The van der Waals surface area contributed by atoms with Gasteiger partial charge in [-0.3, -0.25) is 14.5 Å². The standard InChI is InChI=1S/C23H25N5O4/c1-14(19(29)30)11-12-28-20(31)23(2,27-22(28)32)16-9-7-15(8-10-16)13-24-21-25-17-5-3-4-6-18(17)26-21/h3-10,14H,11-13H2,1-2H3,(H,27,32)(H,29,30)(H2,24,25,26). The van der Waals surface area contributed by atoms with E-state index in [-0.39, 0.29) is 18.9 Å². The number of carboxylic acid groups (broad SMARTS) is 1. The van der Waals surface area contributed by atoms with Crippen LogP contribution in [0.2, 0.25) is 0 Å². The zero-order valence-corrected chi connectivity index (χ0v) is 17.9. The Balaban J connectivity index is 1.41. The highest BCUT2D eigenvalue weighted by atomic mass is 16.4. The van der Waals surface area contributed by atoms with Crippen LogP contribution in [0.3, 0.4) is 0 Å². The van der Waals surface area contributed by atoms with Crippen molar-refractivity contribution >= 4 is 34.9 Å². The van der Waals surface area contributed by atoms with Crippen molar-refractivity contribution in [2.24, 2.45) is 5.92 Å². The van der Waals surface area contributed by atoms with Crippen LogP contribution in [0.1, 0.15) is 31.4 Å². The van der Waals surface area contributed by atoms with Gasteiger partial charge in [-0.1, -0.05) is 43.3 Å². The van der Waals surface area contributed by atoms with E-state index in [2.05, 4.69) is 20.6 Å². The molecule has 4 N–H and O–H groups in total. The number of carboxylic acids is 1. The maximum atomic E-state index is 13.0. The molecule has 0 spiro atoms. The van der Waals surface area contributed by atoms with Crippen LogP contribution in [-0.4, -0.2) is 44.4 Å². The lowest BCUT2D eigenvalue weighted by molar-refractivity contribution is -0.142. The molecule has 2 aromatic carbocycles. The quantitative estimate of drug-likeness (QED) is 0.403. The lowest BCUT2D eigenvalue weighted by Gasteiger charge is -2.22. The number of carbonyl (C=O) groups is 3. The van der Waals surface area contributed by atoms with Crippen LogP contribution in [0.5, 0.6) is 0 Å². The van der Waals surface area contributed by atoms with E-state index < -0.39 is 23.5 Å². The molecule has 1 saturated heterocycles. The second-order valence-electron chi connectivity index (χ2n) is 8.19. The molecule has 1 aromatic heterocycles. The Bertz CT molecular complexity index is 1140. The van der Waals surface area contributed by atoms with Gasteiger partial charge in [-0.15, -0.1) is 0 Å². The number of para-hydroxylation sites is 2. The number of aromatic nitrogens is 2. The SMILES string of the molecule is CC(CCN1C(=O)NC(C)(c2ccc(CNc3nc4ccccc4[nH]3)cc2)C1=O)C(=O)O. The van der Waals surface area contributed by atoms with E-state index in [9.17, 15) is 14.4 Å². The topological polar surface area (TPSA) is 127 Å². The number of imide groups is 1. The van der Waals surface area contributed by atoms with Gasteiger partial charge in [0.2, 0.25) is 5.95 Å². The van der Waals surface area contributed by atoms with Crippen molar-refractivity contribution in [3.63, 3.8) is 0 Å². The van der Waals surface area contributed by atoms with Crippen LogP contribution < -0.4 is 10.6 Å². The Hall–Kier alpha value is -3.88. The van der Waals surface area contributed by atoms with Gasteiger partial charge in [0, 0.05) is 13.1 Å². The molecular weight excluding hydrogens is 410 g/mol. The number of nitrogens with one attached hydrogen (secondary N) is 3. The molecule has 4 rings (SSSR count). The predicted octanol–water partition coefficient (Wildman–Crippen LogP) is 3.05. The first kappa shape index (κ1) is 21.4. The van der Waals surface area contributed by atoms with Crippen LogP contribution in [0.4, 0.5) is 10.7 Å². The minimum Gasteiger partial charge on any atom is -0.481 e. The highest BCUT2D eigenvalue weighted by Gasteiger charge is 2.48. The molecule has 0 aliphatic carbocycles. The third kappa shape index (κ3) is 4.01. The van der Waals surface area contributed by atoms with E-state index in [0.717, 1.165) is 21.5 Å². The van der Waals surface area contributed by atoms with Crippen LogP contribution in [0.25, 0.3) is 11.0 Å². The van der Waals surface area contributed by atoms with Crippen molar-refractivity contribution in [1.29, 1.82) is 0 Å². The summed E-state index contributed by atoms with van der Waals surface area (Å²) in [5.74, 6) is -1.30. The molecule has 3 amide bonds. The Morgan fingerprint density at radius 3 is 2.59 bits per heavy atom. The van der Waals surface area contributed by atoms with Gasteiger partial charge in [0.25, 0.3) is 5.91 Å². The summed E-state index contributed by atoms with van der Waals surface area (Å²) in [4.78, 5) is 45.2. The third-order valence-electron chi connectivity index (χ3n) is 5.86. The number of H-pyrrole nitrogens is 1. The molecule has 1 aliphatic rings. The lowest BCUT2D eigenvalue weighted by atomic mass is 9.91. The summed E-state index contributed by atoms with van der Waals surface area (Å²) in [5, 5.41) is 15.0. The van der Waals surface area contributed by atoms with Gasteiger partial charge in [0.05, 0.1) is 17.0 Å². The van der Waals surface area contributed by atoms with Crippen LogP contribution in [0.15, 0.2) is 48.5 Å². The summed E-state index contributed by atoms with van der Waals surface area (Å²) in [6.07, 6.45) is 0.205. The number of imidazole rings is 1. The number of amides is 3. The largest absolute Gasteiger partial charge is 0.481 e. The summed E-state index contributed by atoms with van der Waals surface area (Å²) in [6, 6.07) is 14.7. The number of anilines is 1. The fourth-order valence-corrected chi connectivity index (χ4v) is 3.72. The molecule has 0 saturated carbocycles. The zero-order chi connectivity index (χ0) is 22.9. The maximum Gasteiger partial charge on any atom is 0.325 e. The maximum absolute atomic E-state index is 13.0. The summed E-state index contributed by atoms with van der Waals surface area (Å²) < 4.78 is 0. The van der Waals surface area contributed by atoms with Gasteiger partial charge < -0.3 is 20.7 Å². The van der Waals surface area contributed by atoms with Gasteiger partial charge in [0.15, 0.2) is 0 Å². The first-order valence-corrected chi connectivity index (χ1v) is 10.4. The average molecular weight is 435 g/mol. The molecule has 9 heteroatoms. The number of hydrogen-bond donors (Lipinski definition) is 4. The van der Waals surface area contributed by atoms with Crippen molar-refractivity contribution in [2.75, 3.05) is 11.9 Å². The Labute approximate surface area is 184 Å². The van der Waals surface area contributed by atoms with E-state index in [1.807, 2.05) is 48.5 Å². The van der Waals surface area contributed by atoms with Gasteiger partial charge in [-0.25, -0.2) is 9.78 Å². The minimum atomic E-state index is -1.19. The molecule has 1 fully saturated rings. The summed E-state index contributed by atoms with van der Waals surface area (Å²) in [6.45, 7) is 3.82. The average Bonchev–Trinajstić information content (AvgIpc) is 3.29. The second-order valence-corrected chi connectivity index (χ2v) is 8.19. The lowest BCUT2D eigenvalue weighted by Crippen LogP contribution is -2.41. The molecule has 2 atom stereocenters. The van der Waals surface area contributed by atoms with Crippen molar-refractivity contribution in [3.8, 4) is 0 Å². The van der Waals surface area contributed by atoms with E-state index in [0.29, 0.717) is 18.1 Å². The van der Waals surface area contributed by atoms with Crippen LogP contribution in [-0.2, 0) is 21.7 Å². The molecule has 0 bridgehead atoms. The van der Waals surface area contributed by atoms with Gasteiger partial charge >= 0.3 is 12.0 Å². The number of aromatic amines is 1. The molecule has 166 valence electrons. The Kier molecular flexibility index (Phi) is 5.56.